The largest absolute Gasteiger partial charge is 0.480 e. The third-order valence-electron chi connectivity index (χ3n) is 2.81. The quantitative estimate of drug-likeness (QED) is 0.802. The molecule has 5 nitrogen and oxygen atoms in total. The van der Waals surface area contributed by atoms with Crippen LogP contribution in [0, 0.1) is 0 Å². The topological polar surface area (TPSA) is 83.5 Å². The van der Waals surface area contributed by atoms with E-state index in [-0.39, 0.29) is 10.6 Å². The lowest BCUT2D eigenvalue weighted by molar-refractivity contribution is -0.138. The summed E-state index contributed by atoms with van der Waals surface area (Å²) in [6, 6.07) is 5.51. The summed E-state index contributed by atoms with van der Waals surface area (Å²) in [6.45, 7) is 3.50. The van der Waals surface area contributed by atoms with E-state index in [9.17, 15) is 13.2 Å². The maximum Gasteiger partial charge on any atom is 0.326 e. The summed E-state index contributed by atoms with van der Waals surface area (Å²) in [5.74, 6) is -0.861. The highest BCUT2D eigenvalue weighted by Gasteiger charge is 2.16. The van der Waals surface area contributed by atoms with Gasteiger partial charge in [0.1, 0.15) is 6.04 Å². The molecule has 0 aliphatic carbocycles. The predicted octanol–water partition coefficient (Wildman–Crippen LogP) is 2.15. The van der Waals surface area contributed by atoms with Crippen LogP contribution in [0.3, 0.4) is 0 Å². The van der Waals surface area contributed by atoms with Crippen LogP contribution < -0.4 is 5.32 Å². The molecule has 0 aromatic heterocycles. The minimum atomic E-state index is -3.21. The van der Waals surface area contributed by atoms with E-state index >= 15 is 0 Å². The lowest BCUT2D eigenvalue weighted by atomic mass is 10.1. The summed E-state index contributed by atoms with van der Waals surface area (Å²) in [4.78, 5) is 11.3. The zero-order valence-electron chi connectivity index (χ0n) is 11.1. The molecule has 106 valence electrons. The molecule has 0 saturated heterocycles. The van der Waals surface area contributed by atoms with Crippen molar-refractivity contribution in [2.24, 2.45) is 0 Å². The van der Waals surface area contributed by atoms with Crippen molar-refractivity contribution < 1.29 is 18.3 Å². The normalized spacial score (nSPS) is 12.9. The molecular formula is C13H19NO4S. The molecule has 1 rings (SSSR count). The van der Waals surface area contributed by atoms with E-state index < -0.39 is 21.8 Å². The van der Waals surface area contributed by atoms with E-state index in [1.54, 1.807) is 19.1 Å². The highest BCUT2D eigenvalue weighted by molar-refractivity contribution is 7.91. The number of benzene rings is 1. The SMILES string of the molecule is CCCC(Nc1ccc(S(=O)(=O)CC)cc1)C(=O)O. The Morgan fingerprint density at radius 3 is 2.26 bits per heavy atom. The van der Waals surface area contributed by atoms with Crippen molar-refractivity contribution in [2.75, 3.05) is 11.1 Å². The van der Waals surface area contributed by atoms with Gasteiger partial charge in [-0.1, -0.05) is 20.3 Å². The van der Waals surface area contributed by atoms with Crippen molar-refractivity contribution in [3.05, 3.63) is 24.3 Å². The second-order valence-electron chi connectivity index (χ2n) is 4.25. The first-order chi connectivity index (χ1) is 8.90. The number of hydrogen-bond acceptors (Lipinski definition) is 4. The van der Waals surface area contributed by atoms with Gasteiger partial charge in [-0.15, -0.1) is 0 Å². The van der Waals surface area contributed by atoms with Crippen LogP contribution in [0.2, 0.25) is 0 Å². The standard InChI is InChI=1S/C13H19NO4S/c1-3-5-12(13(15)16)14-10-6-8-11(9-7-10)19(17,18)4-2/h6-9,12,14H,3-5H2,1-2H3,(H,15,16). The van der Waals surface area contributed by atoms with Crippen molar-refractivity contribution in [1.29, 1.82) is 0 Å². The molecule has 0 radical (unpaired) electrons. The van der Waals surface area contributed by atoms with Crippen LogP contribution in [0.4, 0.5) is 5.69 Å². The van der Waals surface area contributed by atoms with E-state index in [0.29, 0.717) is 12.1 Å². The number of aliphatic carboxylic acids is 1. The van der Waals surface area contributed by atoms with Gasteiger partial charge in [0.05, 0.1) is 10.6 Å². The van der Waals surface area contributed by atoms with Crippen LogP contribution in [0.1, 0.15) is 26.7 Å². The van der Waals surface area contributed by atoms with Crippen LogP contribution in [-0.4, -0.2) is 31.3 Å². The summed E-state index contributed by atoms with van der Waals surface area (Å²) in [5.41, 5.74) is 0.607. The van der Waals surface area contributed by atoms with Gasteiger partial charge in [-0.2, -0.15) is 0 Å². The first-order valence-electron chi connectivity index (χ1n) is 6.23. The molecule has 0 aliphatic heterocycles. The van der Waals surface area contributed by atoms with Crippen LogP contribution in [0.25, 0.3) is 0 Å². The van der Waals surface area contributed by atoms with E-state index in [0.717, 1.165) is 6.42 Å². The molecule has 0 amide bonds. The molecule has 0 bridgehead atoms. The Morgan fingerprint density at radius 1 is 1.26 bits per heavy atom. The summed E-state index contributed by atoms with van der Waals surface area (Å²) in [7, 11) is -3.21. The van der Waals surface area contributed by atoms with Gasteiger partial charge in [-0.25, -0.2) is 13.2 Å². The van der Waals surface area contributed by atoms with Crippen molar-refractivity contribution >= 4 is 21.5 Å². The van der Waals surface area contributed by atoms with Crippen LogP contribution in [0.5, 0.6) is 0 Å². The van der Waals surface area contributed by atoms with E-state index in [1.807, 2.05) is 6.92 Å². The molecule has 0 fully saturated rings. The second kappa shape index (κ2) is 6.56. The molecule has 6 heteroatoms. The molecule has 0 saturated carbocycles. The number of carboxylic acids is 1. The molecule has 1 atom stereocenters. The average Bonchev–Trinajstić information content (AvgIpc) is 2.38. The van der Waals surface area contributed by atoms with Gasteiger partial charge in [0.2, 0.25) is 0 Å². The Labute approximate surface area is 113 Å². The zero-order chi connectivity index (χ0) is 14.5. The summed E-state index contributed by atoms with van der Waals surface area (Å²) >= 11 is 0. The Morgan fingerprint density at radius 2 is 1.84 bits per heavy atom. The Hall–Kier alpha value is -1.56. The van der Waals surface area contributed by atoms with E-state index in [1.165, 1.54) is 12.1 Å². The number of hydrogen-bond donors (Lipinski definition) is 2. The summed E-state index contributed by atoms with van der Waals surface area (Å²) in [5, 5.41) is 11.9. The number of carboxylic acid groups (broad SMARTS) is 1. The van der Waals surface area contributed by atoms with Gasteiger partial charge < -0.3 is 10.4 Å². The van der Waals surface area contributed by atoms with E-state index in [4.69, 9.17) is 5.11 Å². The van der Waals surface area contributed by atoms with Gasteiger partial charge in [0.15, 0.2) is 9.84 Å². The number of rotatable bonds is 7. The molecule has 1 aromatic rings. The van der Waals surface area contributed by atoms with Gasteiger partial charge in [-0.3, -0.25) is 0 Å². The lowest BCUT2D eigenvalue weighted by Gasteiger charge is -2.15. The minimum absolute atomic E-state index is 0.0490. The van der Waals surface area contributed by atoms with Gasteiger partial charge in [0.25, 0.3) is 0 Å². The third-order valence-corrected chi connectivity index (χ3v) is 4.56. The Kier molecular flexibility index (Phi) is 5.35. The predicted molar refractivity (Wildman–Crippen MR) is 74.1 cm³/mol. The molecular weight excluding hydrogens is 266 g/mol. The lowest BCUT2D eigenvalue weighted by Crippen LogP contribution is -2.28. The van der Waals surface area contributed by atoms with Crippen molar-refractivity contribution in [3.63, 3.8) is 0 Å². The Bertz CT molecular complexity index is 522. The molecule has 0 heterocycles. The van der Waals surface area contributed by atoms with Crippen LogP contribution >= 0.6 is 0 Å². The number of carbonyl (C=O) groups is 1. The highest BCUT2D eigenvalue weighted by Crippen LogP contribution is 2.17. The van der Waals surface area contributed by atoms with Crippen molar-refractivity contribution in [2.45, 2.75) is 37.6 Å². The monoisotopic (exact) mass is 285 g/mol. The maximum atomic E-state index is 11.6. The first kappa shape index (κ1) is 15.5. The van der Waals surface area contributed by atoms with Gasteiger partial charge in [0, 0.05) is 5.69 Å². The maximum absolute atomic E-state index is 11.6. The fraction of sp³-hybridized carbons (Fsp3) is 0.462. The number of nitrogens with one attached hydrogen (secondary N) is 1. The minimum Gasteiger partial charge on any atom is -0.480 e. The third kappa shape index (κ3) is 4.24. The molecule has 1 unspecified atom stereocenters. The van der Waals surface area contributed by atoms with Crippen molar-refractivity contribution in [3.8, 4) is 0 Å². The summed E-state index contributed by atoms with van der Waals surface area (Å²) < 4.78 is 23.3. The second-order valence-corrected chi connectivity index (χ2v) is 6.53. The van der Waals surface area contributed by atoms with Crippen LogP contribution in [0.15, 0.2) is 29.2 Å². The van der Waals surface area contributed by atoms with Crippen molar-refractivity contribution in [1.82, 2.24) is 0 Å². The average molecular weight is 285 g/mol. The van der Waals surface area contributed by atoms with Crippen LogP contribution in [-0.2, 0) is 14.6 Å². The molecule has 19 heavy (non-hydrogen) atoms. The highest BCUT2D eigenvalue weighted by atomic mass is 32.2. The fourth-order valence-electron chi connectivity index (χ4n) is 1.67. The smallest absolute Gasteiger partial charge is 0.326 e. The molecule has 0 spiro atoms. The molecule has 1 aromatic carbocycles. The van der Waals surface area contributed by atoms with E-state index in [2.05, 4.69) is 5.32 Å². The van der Waals surface area contributed by atoms with Gasteiger partial charge >= 0.3 is 5.97 Å². The fourth-order valence-corrected chi connectivity index (χ4v) is 2.56. The molecule has 2 N–H and O–H groups in total. The zero-order valence-corrected chi connectivity index (χ0v) is 11.9. The number of anilines is 1. The Balaban J connectivity index is 2.85. The van der Waals surface area contributed by atoms with Gasteiger partial charge in [-0.05, 0) is 30.7 Å². The molecule has 0 aliphatic rings. The summed E-state index contributed by atoms with van der Waals surface area (Å²) in [6.07, 6.45) is 1.27. The first-order valence-corrected chi connectivity index (χ1v) is 7.88. The number of sulfone groups is 1.